The highest BCUT2D eigenvalue weighted by atomic mass is 32.1. The molecule has 10 rings (SSSR count). The third-order valence-electron chi connectivity index (χ3n) is 9.63. The number of furan rings is 1. The molecule has 0 saturated heterocycles. The van der Waals surface area contributed by atoms with Crippen molar-refractivity contribution in [1.82, 2.24) is 0 Å². The van der Waals surface area contributed by atoms with E-state index in [1.807, 2.05) is 17.4 Å². The van der Waals surface area contributed by atoms with Gasteiger partial charge in [-0.05, 0) is 93.7 Å². The molecule has 0 aliphatic heterocycles. The second kappa shape index (κ2) is 11.2. The van der Waals surface area contributed by atoms with E-state index in [-0.39, 0.29) is 0 Å². The fourth-order valence-corrected chi connectivity index (χ4v) is 8.52. The van der Waals surface area contributed by atoms with Crippen LogP contribution in [0.1, 0.15) is 0 Å². The molecule has 0 spiro atoms. The predicted octanol–water partition coefficient (Wildman–Crippen LogP) is 13.9. The Labute approximate surface area is 287 Å². The Morgan fingerprint density at radius 1 is 0.408 bits per heavy atom. The summed E-state index contributed by atoms with van der Waals surface area (Å²) in [6, 6.07) is 63.3. The number of benzene rings is 8. The van der Waals surface area contributed by atoms with Crippen LogP contribution >= 0.6 is 11.3 Å². The zero-order valence-corrected chi connectivity index (χ0v) is 27.3. The van der Waals surface area contributed by atoms with Crippen LogP contribution in [0.5, 0.6) is 0 Å². The summed E-state index contributed by atoms with van der Waals surface area (Å²) in [7, 11) is 0. The van der Waals surface area contributed by atoms with E-state index >= 15 is 0 Å². The van der Waals surface area contributed by atoms with Crippen molar-refractivity contribution < 1.29 is 4.42 Å². The van der Waals surface area contributed by atoms with Gasteiger partial charge >= 0.3 is 0 Å². The van der Waals surface area contributed by atoms with Crippen molar-refractivity contribution in [1.29, 1.82) is 0 Å². The molecule has 0 atom stereocenters. The first-order valence-corrected chi connectivity index (χ1v) is 17.4. The standard InChI is InChI=1S/C46H29NOS/c1-2-12-31-27-33(26-25-30(31)11-1)32-13-7-15-35(28-32)47(40-20-10-22-42-46(40)38-17-3-5-21-41(38)48-42)36-16-8-14-34(29-36)37-19-9-24-44-45(37)39-18-4-6-23-43(39)49-44/h1-29H. The van der Waals surface area contributed by atoms with Gasteiger partial charge in [-0.2, -0.15) is 0 Å². The lowest BCUT2D eigenvalue weighted by Gasteiger charge is -2.27. The van der Waals surface area contributed by atoms with Crippen molar-refractivity contribution in [2.24, 2.45) is 0 Å². The molecule has 0 aliphatic rings. The van der Waals surface area contributed by atoms with Gasteiger partial charge in [-0.3, -0.25) is 0 Å². The number of rotatable bonds is 5. The van der Waals surface area contributed by atoms with Gasteiger partial charge < -0.3 is 9.32 Å². The summed E-state index contributed by atoms with van der Waals surface area (Å²) in [5.41, 5.74) is 9.80. The topological polar surface area (TPSA) is 16.4 Å². The molecule has 230 valence electrons. The maximum Gasteiger partial charge on any atom is 0.137 e. The molecule has 2 heterocycles. The summed E-state index contributed by atoms with van der Waals surface area (Å²) in [6.07, 6.45) is 0. The van der Waals surface area contributed by atoms with Crippen molar-refractivity contribution in [3.63, 3.8) is 0 Å². The van der Waals surface area contributed by atoms with E-state index in [0.29, 0.717) is 0 Å². The number of hydrogen-bond acceptors (Lipinski definition) is 3. The minimum atomic E-state index is 0.875. The molecule has 0 saturated carbocycles. The quantitative estimate of drug-likeness (QED) is 0.186. The summed E-state index contributed by atoms with van der Waals surface area (Å²) in [6.45, 7) is 0. The van der Waals surface area contributed by atoms with Crippen molar-refractivity contribution in [3.05, 3.63) is 176 Å². The fourth-order valence-electron chi connectivity index (χ4n) is 7.39. The van der Waals surface area contributed by atoms with Crippen LogP contribution in [0.15, 0.2) is 180 Å². The summed E-state index contributed by atoms with van der Waals surface area (Å²) in [5, 5.41) is 7.30. The molecule has 3 heteroatoms. The van der Waals surface area contributed by atoms with Crippen LogP contribution in [0.25, 0.3) is 75.1 Å². The van der Waals surface area contributed by atoms with Gasteiger partial charge in [0.05, 0.1) is 11.1 Å². The Hall–Kier alpha value is -6.16. The first-order valence-electron chi connectivity index (χ1n) is 16.6. The molecular weight excluding hydrogens is 615 g/mol. The second-order valence-electron chi connectivity index (χ2n) is 12.5. The van der Waals surface area contributed by atoms with Gasteiger partial charge in [0.1, 0.15) is 11.2 Å². The highest BCUT2D eigenvalue weighted by Gasteiger charge is 2.21. The average Bonchev–Trinajstić information content (AvgIpc) is 3.74. The molecule has 0 amide bonds. The number of anilines is 3. The number of hydrogen-bond donors (Lipinski definition) is 0. The second-order valence-corrected chi connectivity index (χ2v) is 13.6. The molecule has 2 aromatic heterocycles. The van der Waals surface area contributed by atoms with Gasteiger partial charge in [-0.1, -0.05) is 115 Å². The molecule has 0 fully saturated rings. The van der Waals surface area contributed by atoms with Gasteiger partial charge in [-0.15, -0.1) is 11.3 Å². The van der Waals surface area contributed by atoms with Crippen LogP contribution in [0.4, 0.5) is 17.1 Å². The van der Waals surface area contributed by atoms with E-state index < -0.39 is 0 Å². The highest BCUT2D eigenvalue weighted by molar-refractivity contribution is 7.25. The lowest BCUT2D eigenvalue weighted by Crippen LogP contribution is -2.10. The van der Waals surface area contributed by atoms with Crippen LogP contribution in [0, 0.1) is 0 Å². The van der Waals surface area contributed by atoms with Crippen LogP contribution in [0.3, 0.4) is 0 Å². The van der Waals surface area contributed by atoms with Gasteiger partial charge in [0.15, 0.2) is 0 Å². The number of thiophene rings is 1. The summed E-state index contributed by atoms with van der Waals surface area (Å²) >= 11 is 1.86. The van der Waals surface area contributed by atoms with Crippen molar-refractivity contribution in [2.75, 3.05) is 4.90 Å². The van der Waals surface area contributed by atoms with Crippen LogP contribution in [0.2, 0.25) is 0 Å². The van der Waals surface area contributed by atoms with E-state index in [1.54, 1.807) is 0 Å². The maximum absolute atomic E-state index is 6.40. The summed E-state index contributed by atoms with van der Waals surface area (Å²) in [5.74, 6) is 0. The fraction of sp³-hybridized carbons (Fsp3) is 0. The lowest BCUT2D eigenvalue weighted by atomic mass is 9.98. The zero-order chi connectivity index (χ0) is 32.3. The van der Waals surface area contributed by atoms with Gasteiger partial charge in [0.25, 0.3) is 0 Å². The van der Waals surface area contributed by atoms with E-state index in [2.05, 4.69) is 175 Å². The molecule has 10 aromatic rings. The van der Waals surface area contributed by atoms with Crippen molar-refractivity contribution in [3.8, 4) is 22.3 Å². The van der Waals surface area contributed by atoms with E-state index in [1.165, 1.54) is 53.2 Å². The molecule has 8 aromatic carbocycles. The van der Waals surface area contributed by atoms with Crippen LogP contribution in [-0.4, -0.2) is 0 Å². The predicted molar refractivity (Wildman–Crippen MR) is 210 cm³/mol. The van der Waals surface area contributed by atoms with Crippen molar-refractivity contribution in [2.45, 2.75) is 0 Å². The van der Waals surface area contributed by atoms with Crippen LogP contribution in [-0.2, 0) is 0 Å². The lowest BCUT2D eigenvalue weighted by molar-refractivity contribution is 0.669. The summed E-state index contributed by atoms with van der Waals surface area (Å²) < 4.78 is 9.01. The summed E-state index contributed by atoms with van der Waals surface area (Å²) in [4.78, 5) is 2.39. The monoisotopic (exact) mass is 643 g/mol. The number of nitrogens with zero attached hydrogens (tertiary/aromatic N) is 1. The number of fused-ring (bicyclic) bond motifs is 7. The maximum atomic E-state index is 6.40. The Morgan fingerprint density at radius 3 is 1.96 bits per heavy atom. The van der Waals surface area contributed by atoms with Gasteiger partial charge in [-0.25, -0.2) is 0 Å². The normalized spacial score (nSPS) is 11.7. The third-order valence-corrected chi connectivity index (χ3v) is 10.8. The Kier molecular flexibility index (Phi) is 6.39. The zero-order valence-electron chi connectivity index (χ0n) is 26.5. The highest BCUT2D eigenvalue weighted by Crippen LogP contribution is 2.46. The molecule has 0 N–H and O–H groups in total. The average molecular weight is 644 g/mol. The van der Waals surface area contributed by atoms with Crippen LogP contribution < -0.4 is 4.90 Å². The van der Waals surface area contributed by atoms with E-state index in [4.69, 9.17) is 4.42 Å². The molecule has 49 heavy (non-hydrogen) atoms. The molecule has 0 unspecified atom stereocenters. The minimum absolute atomic E-state index is 0.875. The molecular formula is C46H29NOS. The Bertz CT molecular complexity index is 2860. The van der Waals surface area contributed by atoms with Gasteiger partial charge in [0.2, 0.25) is 0 Å². The van der Waals surface area contributed by atoms with E-state index in [9.17, 15) is 0 Å². The number of para-hydroxylation sites is 1. The minimum Gasteiger partial charge on any atom is -0.456 e. The molecule has 2 nitrogen and oxygen atoms in total. The Balaban J connectivity index is 1.20. The molecule has 0 bridgehead atoms. The Morgan fingerprint density at radius 2 is 1.06 bits per heavy atom. The van der Waals surface area contributed by atoms with Crippen molar-refractivity contribution >= 4 is 81.3 Å². The SMILES string of the molecule is c1cc(-c2ccc3ccccc3c2)cc(N(c2cccc(-c3cccc4sc5ccccc5c34)c2)c2cccc3oc4ccccc4c23)c1. The molecule has 0 aliphatic carbocycles. The first kappa shape index (κ1) is 27.9. The third kappa shape index (κ3) is 4.62. The largest absolute Gasteiger partial charge is 0.456 e. The molecule has 0 radical (unpaired) electrons. The van der Waals surface area contributed by atoms with Gasteiger partial charge in [0, 0.05) is 36.9 Å². The smallest absolute Gasteiger partial charge is 0.137 e. The van der Waals surface area contributed by atoms with E-state index in [0.717, 1.165) is 39.0 Å². The first-order chi connectivity index (χ1) is 24.3.